The van der Waals surface area contributed by atoms with E-state index in [0.717, 1.165) is 10.5 Å². The number of fused-ring (bicyclic) bond motifs is 1. The first-order valence-electron chi connectivity index (χ1n) is 12.1. The minimum Gasteiger partial charge on any atom is -0.495 e. The summed E-state index contributed by atoms with van der Waals surface area (Å²) in [4.78, 5) is 32.5. The molecule has 41 heavy (non-hydrogen) atoms. The van der Waals surface area contributed by atoms with Crippen molar-refractivity contribution in [3.05, 3.63) is 93.5 Å². The van der Waals surface area contributed by atoms with Gasteiger partial charge in [0.05, 0.1) is 40.9 Å². The number of rotatable bonds is 5. The van der Waals surface area contributed by atoms with Gasteiger partial charge in [-0.1, -0.05) is 18.2 Å². The topological polar surface area (TPSA) is 76.5 Å². The van der Waals surface area contributed by atoms with E-state index in [2.05, 4.69) is 10.3 Å². The van der Waals surface area contributed by atoms with Crippen molar-refractivity contribution >= 4 is 22.6 Å². The van der Waals surface area contributed by atoms with Crippen LogP contribution in [0, 0.1) is 6.92 Å². The van der Waals surface area contributed by atoms with Crippen LogP contribution in [-0.2, 0) is 12.4 Å². The van der Waals surface area contributed by atoms with Crippen LogP contribution < -0.4 is 15.6 Å². The van der Waals surface area contributed by atoms with Crippen molar-refractivity contribution in [2.24, 2.45) is 0 Å². The Bertz CT molecular complexity index is 1650. The molecular weight excluding hydrogens is 554 g/mol. The SMILES string of the molecule is COc1ccc(C)cc1-n1c(C(C)N(C)C(=O)Nc2cc(C(F)(F)F)cc(C(F)(F)F)c2)nc2ccccc2c1=O. The second kappa shape index (κ2) is 10.8. The summed E-state index contributed by atoms with van der Waals surface area (Å²) >= 11 is 0. The monoisotopic (exact) mass is 578 g/mol. The van der Waals surface area contributed by atoms with Gasteiger partial charge in [-0.25, -0.2) is 9.78 Å². The van der Waals surface area contributed by atoms with E-state index in [9.17, 15) is 35.9 Å². The number of nitrogens with one attached hydrogen (secondary N) is 1. The average molecular weight is 579 g/mol. The first kappa shape index (κ1) is 29.4. The molecule has 0 spiro atoms. The van der Waals surface area contributed by atoms with Gasteiger partial charge in [-0.05, 0) is 61.9 Å². The molecule has 4 rings (SSSR count). The first-order valence-corrected chi connectivity index (χ1v) is 12.1. The molecule has 0 saturated heterocycles. The number of halogens is 6. The Hall–Kier alpha value is -4.55. The Morgan fingerprint density at radius 2 is 1.59 bits per heavy atom. The summed E-state index contributed by atoms with van der Waals surface area (Å²) in [7, 11) is 2.69. The number of hydrogen-bond acceptors (Lipinski definition) is 4. The highest BCUT2D eigenvalue weighted by Gasteiger charge is 2.37. The second-order valence-electron chi connectivity index (χ2n) is 9.31. The van der Waals surface area contributed by atoms with E-state index in [1.54, 1.807) is 49.4 Å². The molecule has 4 aromatic rings. The third-order valence-corrected chi connectivity index (χ3v) is 6.49. The van der Waals surface area contributed by atoms with Crippen molar-refractivity contribution in [2.45, 2.75) is 32.2 Å². The molecule has 0 fully saturated rings. The van der Waals surface area contributed by atoms with Crippen molar-refractivity contribution in [2.75, 3.05) is 19.5 Å². The molecule has 13 heteroatoms. The number of aromatic nitrogens is 2. The van der Waals surface area contributed by atoms with E-state index < -0.39 is 46.8 Å². The van der Waals surface area contributed by atoms with Gasteiger partial charge in [0, 0.05) is 12.7 Å². The van der Waals surface area contributed by atoms with Crippen molar-refractivity contribution in [1.29, 1.82) is 0 Å². The minimum absolute atomic E-state index is 0.0328. The average Bonchev–Trinajstić information content (AvgIpc) is 2.91. The van der Waals surface area contributed by atoms with Crippen LogP contribution in [-0.4, -0.2) is 34.6 Å². The molecule has 216 valence electrons. The summed E-state index contributed by atoms with van der Waals surface area (Å²) in [5.41, 5.74) is -2.88. The Morgan fingerprint density at radius 3 is 2.17 bits per heavy atom. The van der Waals surface area contributed by atoms with Crippen LogP contribution in [0.2, 0.25) is 0 Å². The summed E-state index contributed by atoms with van der Waals surface area (Å²) < 4.78 is 86.5. The predicted octanol–water partition coefficient (Wildman–Crippen LogP) is 6.97. The second-order valence-corrected chi connectivity index (χ2v) is 9.31. The van der Waals surface area contributed by atoms with Crippen LogP contribution in [0.25, 0.3) is 16.6 Å². The van der Waals surface area contributed by atoms with Crippen LogP contribution >= 0.6 is 0 Å². The highest BCUT2D eigenvalue weighted by atomic mass is 19.4. The molecule has 0 aliphatic carbocycles. The highest BCUT2D eigenvalue weighted by Crippen LogP contribution is 2.38. The van der Waals surface area contributed by atoms with E-state index in [4.69, 9.17) is 4.74 Å². The molecule has 3 aromatic carbocycles. The molecule has 7 nitrogen and oxygen atoms in total. The zero-order valence-corrected chi connectivity index (χ0v) is 22.2. The lowest BCUT2D eigenvalue weighted by molar-refractivity contribution is -0.143. The summed E-state index contributed by atoms with van der Waals surface area (Å²) in [6, 6.07) is 10.4. The zero-order chi connectivity index (χ0) is 30.3. The predicted molar refractivity (Wildman–Crippen MR) is 140 cm³/mol. The Kier molecular flexibility index (Phi) is 7.74. The summed E-state index contributed by atoms with van der Waals surface area (Å²) in [6.07, 6.45) is -10.2. The van der Waals surface area contributed by atoms with Crippen molar-refractivity contribution in [1.82, 2.24) is 14.5 Å². The third kappa shape index (κ3) is 5.98. The van der Waals surface area contributed by atoms with Crippen LogP contribution in [0.5, 0.6) is 5.75 Å². The fourth-order valence-corrected chi connectivity index (χ4v) is 4.23. The maximum Gasteiger partial charge on any atom is 0.416 e. The van der Waals surface area contributed by atoms with Crippen molar-refractivity contribution in [3.8, 4) is 11.4 Å². The molecule has 1 unspecified atom stereocenters. The van der Waals surface area contributed by atoms with Crippen molar-refractivity contribution < 1.29 is 35.9 Å². The normalized spacial score (nSPS) is 12.7. The number of carbonyl (C=O) groups excluding carboxylic acids is 1. The molecule has 0 radical (unpaired) electrons. The molecule has 0 aliphatic rings. The third-order valence-electron chi connectivity index (χ3n) is 6.49. The first-order chi connectivity index (χ1) is 19.1. The number of methoxy groups -OCH3 is 1. The van der Waals surface area contributed by atoms with Gasteiger partial charge in [0.25, 0.3) is 5.56 Å². The molecule has 0 bridgehead atoms. The highest BCUT2D eigenvalue weighted by molar-refractivity contribution is 5.89. The zero-order valence-electron chi connectivity index (χ0n) is 22.2. The molecule has 1 N–H and O–H groups in total. The van der Waals surface area contributed by atoms with Gasteiger partial charge in [0.15, 0.2) is 0 Å². The number of amides is 2. The van der Waals surface area contributed by atoms with Gasteiger partial charge in [-0.15, -0.1) is 0 Å². The number of alkyl halides is 6. The molecule has 1 heterocycles. The Labute approximate surface area is 230 Å². The fraction of sp³-hybridized carbons (Fsp3) is 0.250. The van der Waals surface area contributed by atoms with E-state index in [-0.39, 0.29) is 17.3 Å². The van der Waals surface area contributed by atoms with Gasteiger partial charge in [-0.3, -0.25) is 9.36 Å². The number of para-hydroxylation sites is 1. The summed E-state index contributed by atoms with van der Waals surface area (Å²) in [6.45, 7) is 3.32. The van der Waals surface area contributed by atoms with Gasteiger partial charge in [-0.2, -0.15) is 26.3 Å². The maximum atomic E-state index is 13.7. The van der Waals surface area contributed by atoms with Gasteiger partial charge < -0.3 is 15.0 Å². The van der Waals surface area contributed by atoms with Crippen LogP contribution in [0.1, 0.15) is 35.5 Å². The van der Waals surface area contributed by atoms with Crippen molar-refractivity contribution in [3.63, 3.8) is 0 Å². The lowest BCUT2D eigenvalue weighted by atomic mass is 10.1. The van der Waals surface area contributed by atoms with E-state index >= 15 is 0 Å². The van der Waals surface area contributed by atoms with Crippen LogP contribution in [0.15, 0.2) is 65.5 Å². The summed E-state index contributed by atoms with van der Waals surface area (Å²) in [5, 5.41) is 2.39. The van der Waals surface area contributed by atoms with Gasteiger partial charge >= 0.3 is 18.4 Å². The molecule has 1 aromatic heterocycles. The summed E-state index contributed by atoms with van der Waals surface area (Å²) in [5.74, 6) is 0.411. The number of urea groups is 1. The fourth-order valence-electron chi connectivity index (χ4n) is 4.23. The van der Waals surface area contributed by atoms with Gasteiger partial charge in [0.1, 0.15) is 11.6 Å². The minimum atomic E-state index is -5.09. The molecule has 1 atom stereocenters. The number of nitrogens with zero attached hydrogens (tertiary/aromatic N) is 3. The van der Waals surface area contributed by atoms with Crippen LogP contribution in [0.3, 0.4) is 0 Å². The smallest absolute Gasteiger partial charge is 0.416 e. The quantitative estimate of drug-likeness (QED) is 0.260. The standard InChI is InChI=1S/C28H24F6N4O3/c1-15-9-10-23(41-4)22(11-15)38-24(36-21-8-6-5-7-20(21)25(38)39)16(2)37(3)26(40)35-19-13-17(27(29,30)31)12-18(14-19)28(32,33)34/h5-14,16H,1-4H3,(H,35,40). The number of aryl methyl sites for hydroxylation is 1. The van der Waals surface area contributed by atoms with E-state index in [1.807, 2.05) is 0 Å². The number of anilines is 1. The van der Waals surface area contributed by atoms with Gasteiger partial charge in [0.2, 0.25) is 0 Å². The molecule has 2 amide bonds. The molecular formula is C28H24F6N4O3. The van der Waals surface area contributed by atoms with E-state index in [0.29, 0.717) is 29.1 Å². The molecule has 0 aliphatic heterocycles. The number of benzene rings is 3. The largest absolute Gasteiger partial charge is 0.495 e. The number of carbonyl (C=O) groups is 1. The molecule has 0 saturated carbocycles. The Morgan fingerprint density at radius 1 is 0.976 bits per heavy atom. The lowest BCUT2D eigenvalue weighted by Gasteiger charge is -2.28. The number of hydrogen-bond donors (Lipinski definition) is 1. The number of ether oxygens (including phenoxy) is 1. The van der Waals surface area contributed by atoms with Crippen LogP contribution in [0.4, 0.5) is 36.8 Å². The maximum absolute atomic E-state index is 13.7. The van der Waals surface area contributed by atoms with E-state index in [1.165, 1.54) is 25.6 Å². The lowest BCUT2D eigenvalue weighted by Crippen LogP contribution is -2.37. The Balaban J connectivity index is 1.80.